The minimum Gasteiger partial charge on any atom is -0.489 e. The molecule has 132 valence electrons. The molecule has 0 aromatic heterocycles. The van der Waals surface area contributed by atoms with Crippen LogP contribution in [0.4, 0.5) is 8.78 Å². The first-order valence-electron chi connectivity index (χ1n) is 7.74. The Labute approximate surface area is 140 Å². The van der Waals surface area contributed by atoms with E-state index >= 15 is 0 Å². The van der Waals surface area contributed by atoms with E-state index in [2.05, 4.69) is 0 Å². The Morgan fingerprint density at radius 2 is 1.92 bits per heavy atom. The van der Waals surface area contributed by atoms with Crippen molar-refractivity contribution in [3.63, 3.8) is 0 Å². The van der Waals surface area contributed by atoms with Gasteiger partial charge in [0.2, 0.25) is 0 Å². The Morgan fingerprint density at radius 3 is 2.54 bits per heavy atom. The minimum atomic E-state index is -3.37. The predicted molar refractivity (Wildman–Crippen MR) is 84.4 cm³/mol. The topological polar surface area (TPSA) is 44.8 Å². The molecule has 0 spiro atoms. The number of hydrogen-bond acceptors (Lipinski definition) is 4. The van der Waals surface area contributed by atoms with Gasteiger partial charge in [0.15, 0.2) is 12.2 Å². The van der Waals surface area contributed by atoms with Crippen molar-refractivity contribution in [1.82, 2.24) is 0 Å². The normalized spacial score (nSPS) is 22.7. The molecule has 0 saturated carbocycles. The molecule has 0 radical (unpaired) electrons. The van der Waals surface area contributed by atoms with Gasteiger partial charge in [0.25, 0.3) is 0 Å². The van der Waals surface area contributed by atoms with Crippen LogP contribution in [0.3, 0.4) is 0 Å². The highest BCUT2D eigenvalue weighted by Crippen LogP contribution is 2.34. The van der Waals surface area contributed by atoms with Crippen molar-refractivity contribution in [1.29, 1.82) is 0 Å². The summed E-state index contributed by atoms with van der Waals surface area (Å²) in [7, 11) is 0. The van der Waals surface area contributed by atoms with Gasteiger partial charge < -0.3 is 14.2 Å². The molecule has 0 N–H and O–H groups in total. The molecule has 1 aromatic carbocycles. The fourth-order valence-electron chi connectivity index (χ4n) is 2.03. The zero-order valence-electron chi connectivity index (χ0n) is 14.0. The lowest BCUT2D eigenvalue weighted by Crippen LogP contribution is -2.51. The van der Waals surface area contributed by atoms with Gasteiger partial charge in [0.1, 0.15) is 0 Å². The van der Waals surface area contributed by atoms with E-state index in [1.807, 2.05) is 30.3 Å². The third kappa shape index (κ3) is 4.54. The van der Waals surface area contributed by atoms with Crippen molar-refractivity contribution in [2.24, 2.45) is 5.41 Å². The Morgan fingerprint density at radius 1 is 1.25 bits per heavy atom. The minimum absolute atomic E-state index is 0.201. The Kier molecular flexibility index (Phi) is 5.59. The summed E-state index contributed by atoms with van der Waals surface area (Å²) in [4.78, 5) is 11.9. The zero-order valence-corrected chi connectivity index (χ0v) is 14.0. The average molecular weight is 340 g/mol. The first kappa shape index (κ1) is 18.4. The summed E-state index contributed by atoms with van der Waals surface area (Å²) in [6.07, 6.45) is -0.987. The first-order valence-corrected chi connectivity index (χ1v) is 7.74. The van der Waals surface area contributed by atoms with E-state index in [-0.39, 0.29) is 13.2 Å². The van der Waals surface area contributed by atoms with Crippen LogP contribution in [0.1, 0.15) is 26.3 Å². The largest absolute Gasteiger partial charge is 0.489 e. The fourth-order valence-corrected chi connectivity index (χ4v) is 2.03. The van der Waals surface area contributed by atoms with Crippen molar-refractivity contribution in [2.45, 2.75) is 45.5 Å². The van der Waals surface area contributed by atoms with Gasteiger partial charge in [-0.25, -0.2) is 0 Å². The van der Waals surface area contributed by atoms with Crippen molar-refractivity contribution < 1.29 is 27.8 Å². The standard InChI is InChI=1S/C18H22F2O4/c1-17(2,3)16(21)24-14-9-10-23-15(18(14,19)20)12-22-11-13-7-5-4-6-8-13/h4-10,14-15H,11-12H2,1-3H3/t14-,15-/m1/s1. The van der Waals surface area contributed by atoms with Crippen LogP contribution in [0.5, 0.6) is 0 Å². The van der Waals surface area contributed by atoms with Gasteiger partial charge in [-0.05, 0) is 32.4 Å². The molecule has 1 aliphatic rings. The van der Waals surface area contributed by atoms with Crippen LogP contribution in [0.25, 0.3) is 0 Å². The maximum absolute atomic E-state index is 14.5. The zero-order chi connectivity index (χ0) is 17.8. The van der Waals surface area contributed by atoms with E-state index in [0.29, 0.717) is 0 Å². The number of carbonyl (C=O) groups excluding carboxylic acids is 1. The smallest absolute Gasteiger partial charge is 0.326 e. The highest BCUT2D eigenvalue weighted by molar-refractivity contribution is 5.75. The summed E-state index contributed by atoms with van der Waals surface area (Å²) >= 11 is 0. The molecule has 2 rings (SSSR count). The number of ether oxygens (including phenoxy) is 3. The highest BCUT2D eigenvalue weighted by Gasteiger charge is 2.52. The Hall–Kier alpha value is -1.95. The second-order valence-electron chi connectivity index (χ2n) is 6.70. The molecule has 24 heavy (non-hydrogen) atoms. The summed E-state index contributed by atoms with van der Waals surface area (Å²) < 4.78 is 44.2. The van der Waals surface area contributed by atoms with E-state index in [9.17, 15) is 13.6 Å². The lowest BCUT2D eigenvalue weighted by atomic mass is 9.96. The van der Waals surface area contributed by atoms with Gasteiger partial charge in [0, 0.05) is 0 Å². The number of alkyl halides is 2. The molecule has 0 unspecified atom stereocenters. The van der Waals surface area contributed by atoms with Crippen molar-refractivity contribution >= 4 is 5.97 Å². The van der Waals surface area contributed by atoms with Gasteiger partial charge in [0.05, 0.1) is 24.9 Å². The number of esters is 1. The molecule has 2 atom stereocenters. The molecule has 0 amide bonds. The summed E-state index contributed by atoms with van der Waals surface area (Å²) in [6.45, 7) is 4.72. The SMILES string of the molecule is CC(C)(C)C(=O)O[C@@H]1C=CO[C@H](COCc2ccccc2)C1(F)F. The molecule has 0 saturated heterocycles. The van der Waals surface area contributed by atoms with E-state index in [0.717, 1.165) is 17.9 Å². The summed E-state index contributed by atoms with van der Waals surface area (Å²) in [6, 6.07) is 9.23. The van der Waals surface area contributed by atoms with Gasteiger partial charge in [-0.2, -0.15) is 8.78 Å². The number of rotatable bonds is 5. The van der Waals surface area contributed by atoms with Crippen LogP contribution in [0.2, 0.25) is 0 Å². The lowest BCUT2D eigenvalue weighted by Gasteiger charge is -2.35. The van der Waals surface area contributed by atoms with E-state index < -0.39 is 29.5 Å². The average Bonchev–Trinajstić information content (AvgIpc) is 2.51. The van der Waals surface area contributed by atoms with E-state index in [1.54, 1.807) is 20.8 Å². The second-order valence-corrected chi connectivity index (χ2v) is 6.70. The molecule has 0 fully saturated rings. The molecule has 0 bridgehead atoms. The molecule has 1 aliphatic heterocycles. The summed E-state index contributed by atoms with van der Waals surface area (Å²) in [5.41, 5.74) is 0.0181. The van der Waals surface area contributed by atoms with Crippen LogP contribution in [0, 0.1) is 5.41 Å². The molecular formula is C18H22F2O4. The van der Waals surface area contributed by atoms with Crippen LogP contribution in [-0.4, -0.2) is 30.7 Å². The molecule has 1 aromatic rings. The molecule has 4 nitrogen and oxygen atoms in total. The number of hydrogen-bond donors (Lipinski definition) is 0. The fraction of sp³-hybridized carbons (Fsp3) is 0.500. The van der Waals surface area contributed by atoms with Gasteiger partial charge >= 0.3 is 11.9 Å². The Balaban J connectivity index is 1.94. The van der Waals surface area contributed by atoms with Crippen molar-refractivity contribution in [3.8, 4) is 0 Å². The molecular weight excluding hydrogens is 318 g/mol. The number of halogens is 2. The maximum atomic E-state index is 14.5. The van der Waals surface area contributed by atoms with Crippen LogP contribution < -0.4 is 0 Å². The first-order chi connectivity index (χ1) is 11.2. The van der Waals surface area contributed by atoms with Gasteiger partial charge in [-0.3, -0.25) is 4.79 Å². The van der Waals surface area contributed by atoms with Crippen LogP contribution in [0.15, 0.2) is 42.7 Å². The number of carbonyl (C=O) groups is 1. The third-order valence-corrected chi connectivity index (χ3v) is 3.53. The third-order valence-electron chi connectivity index (χ3n) is 3.53. The monoisotopic (exact) mass is 340 g/mol. The van der Waals surface area contributed by atoms with Gasteiger partial charge in [-0.15, -0.1) is 0 Å². The van der Waals surface area contributed by atoms with E-state index in [1.165, 1.54) is 0 Å². The quantitative estimate of drug-likeness (QED) is 0.767. The van der Waals surface area contributed by atoms with Gasteiger partial charge in [-0.1, -0.05) is 30.3 Å². The maximum Gasteiger partial charge on any atom is 0.326 e. The summed E-state index contributed by atoms with van der Waals surface area (Å²) in [5, 5.41) is 0. The van der Waals surface area contributed by atoms with Crippen LogP contribution >= 0.6 is 0 Å². The number of benzene rings is 1. The molecule has 1 heterocycles. The second kappa shape index (κ2) is 7.30. The Bertz CT molecular complexity index is 578. The predicted octanol–water partition coefficient (Wildman–Crippen LogP) is 3.71. The lowest BCUT2D eigenvalue weighted by molar-refractivity contribution is -0.212. The molecule has 6 heteroatoms. The van der Waals surface area contributed by atoms with Crippen molar-refractivity contribution in [3.05, 3.63) is 48.2 Å². The van der Waals surface area contributed by atoms with Crippen molar-refractivity contribution in [2.75, 3.05) is 6.61 Å². The molecule has 0 aliphatic carbocycles. The van der Waals surface area contributed by atoms with E-state index in [4.69, 9.17) is 14.2 Å². The summed E-state index contributed by atoms with van der Waals surface area (Å²) in [5.74, 6) is -4.06. The highest BCUT2D eigenvalue weighted by atomic mass is 19.3. The van der Waals surface area contributed by atoms with Crippen LogP contribution in [-0.2, 0) is 25.6 Å².